The summed E-state index contributed by atoms with van der Waals surface area (Å²) in [4.78, 5) is 23.0. The maximum Gasteiger partial charge on any atom is 0.349 e. The molecule has 2 atom stereocenters. The Morgan fingerprint density at radius 1 is 0.708 bits per heavy atom. The maximum absolute atomic E-state index is 11.5. The third kappa shape index (κ3) is 4.49. The highest BCUT2D eigenvalue weighted by Gasteiger charge is 2.38. The second-order valence-electron chi connectivity index (χ2n) is 5.38. The molecule has 0 aromatic heterocycles. The molecule has 6 heteroatoms. The van der Waals surface area contributed by atoms with Crippen molar-refractivity contribution in [2.24, 2.45) is 0 Å². The van der Waals surface area contributed by atoms with E-state index in [9.17, 15) is 19.8 Å². The van der Waals surface area contributed by atoms with Gasteiger partial charge in [0.15, 0.2) is 0 Å². The van der Waals surface area contributed by atoms with Crippen LogP contribution in [0, 0.1) is 13.8 Å². The number of rotatable bonds is 7. The minimum Gasteiger partial charge on any atom is -0.478 e. The van der Waals surface area contributed by atoms with Gasteiger partial charge in [0, 0.05) is 0 Å². The van der Waals surface area contributed by atoms with Crippen molar-refractivity contribution in [3.63, 3.8) is 0 Å². The largest absolute Gasteiger partial charge is 0.478 e. The van der Waals surface area contributed by atoms with Crippen LogP contribution in [-0.2, 0) is 9.59 Å². The van der Waals surface area contributed by atoms with Crippen molar-refractivity contribution in [3.8, 4) is 11.5 Å². The van der Waals surface area contributed by atoms with Crippen molar-refractivity contribution in [3.05, 3.63) is 59.7 Å². The molecule has 0 aliphatic carbocycles. The minimum absolute atomic E-state index is 0.256. The van der Waals surface area contributed by atoms with Gasteiger partial charge in [-0.15, -0.1) is 0 Å². The second-order valence-corrected chi connectivity index (χ2v) is 5.38. The Balaban J connectivity index is 2.23. The molecule has 2 unspecified atom stereocenters. The van der Waals surface area contributed by atoms with E-state index < -0.39 is 24.1 Å². The normalized spacial score (nSPS) is 12.9. The zero-order valence-corrected chi connectivity index (χ0v) is 13.3. The van der Waals surface area contributed by atoms with E-state index in [0.717, 1.165) is 11.1 Å². The lowest BCUT2D eigenvalue weighted by Gasteiger charge is -2.22. The van der Waals surface area contributed by atoms with E-state index in [-0.39, 0.29) is 11.5 Å². The van der Waals surface area contributed by atoms with E-state index in [1.54, 1.807) is 48.5 Å². The van der Waals surface area contributed by atoms with Gasteiger partial charge in [0.1, 0.15) is 11.5 Å². The van der Waals surface area contributed by atoms with Crippen LogP contribution < -0.4 is 9.47 Å². The number of benzene rings is 2. The van der Waals surface area contributed by atoms with Gasteiger partial charge in [-0.2, -0.15) is 0 Å². The molecule has 0 saturated carbocycles. The number of carboxylic acids is 2. The van der Waals surface area contributed by atoms with Gasteiger partial charge in [-0.25, -0.2) is 9.59 Å². The summed E-state index contributed by atoms with van der Waals surface area (Å²) in [5, 5.41) is 18.7. The van der Waals surface area contributed by atoms with Crippen LogP contribution in [0.25, 0.3) is 0 Å². The van der Waals surface area contributed by atoms with Crippen LogP contribution in [0.4, 0.5) is 0 Å². The molecule has 6 nitrogen and oxygen atoms in total. The van der Waals surface area contributed by atoms with Crippen molar-refractivity contribution in [2.45, 2.75) is 26.1 Å². The van der Waals surface area contributed by atoms with Crippen LogP contribution in [0.5, 0.6) is 11.5 Å². The van der Waals surface area contributed by atoms with E-state index in [1.807, 2.05) is 13.8 Å². The quantitative estimate of drug-likeness (QED) is 0.811. The summed E-state index contributed by atoms with van der Waals surface area (Å²) in [6.07, 6.45) is -3.38. The number of ether oxygens (including phenoxy) is 2. The summed E-state index contributed by atoms with van der Waals surface area (Å²) in [6, 6.07) is 13.3. The number of hydrogen-bond acceptors (Lipinski definition) is 4. The molecule has 2 N–H and O–H groups in total. The zero-order chi connectivity index (χ0) is 17.7. The second kappa shape index (κ2) is 7.50. The Morgan fingerprint density at radius 3 is 1.25 bits per heavy atom. The van der Waals surface area contributed by atoms with Crippen LogP contribution in [0.3, 0.4) is 0 Å². The predicted octanol–water partition coefficient (Wildman–Crippen LogP) is 2.67. The van der Waals surface area contributed by atoms with Gasteiger partial charge >= 0.3 is 11.9 Å². The first kappa shape index (κ1) is 17.3. The lowest BCUT2D eigenvalue weighted by molar-refractivity contribution is -0.161. The monoisotopic (exact) mass is 330 g/mol. The Hall–Kier alpha value is -3.02. The van der Waals surface area contributed by atoms with Crippen LogP contribution >= 0.6 is 0 Å². The molecule has 0 heterocycles. The molecule has 0 bridgehead atoms. The van der Waals surface area contributed by atoms with Crippen molar-refractivity contribution >= 4 is 11.9 Å². The molecule has 0 aliphatic heterocycles. The maximum atomic E-state index is 11.5. The first-order chi connectivity index (χ1) is 11.4. The van der Waals surface area contributed by atoms with Gasteiger partial charge < -0.3 is 19.7 Å². The predicted molar refractivity (Wildman–Crippen MR) is 86.5 cm³/mol. The molecular weight excluding hydrogens is 312 g/mol. The lowest BCUT2D eigenvalue weighted by Crippen LogP contribution is -2.47. The fraction of sp³-hybridized carbons (Fsp3) is 0.222. The van der Waals surface area contributed by atoms with E-state index in [4.69, 9.17) is 9.47 Å². The average molecular weight is 330 g/mol. The summed E-state index contributed by atoms with van der Waals surface area (Å²) >= 11 is 0. The standard InChI is InChI=1S/C18H18O6/c1-11-3-7-13(8-4-11)23-15(17(19)20)16(18(21)22)24-14-9-5-12(2)6-10-14/h3-10,15-16H,1-2H3,(H,19,20)(H,21,22). The Kier molecular flexibility index (Phi) is 5.42. The number of aryl methyl sites for hydroxylation is 2. The molecular formula is C18H18O6. The fourth-order valence-corrected chi connectivity index (χ4v) is 2.01. The number of aliphatic carboxylic acids is 2. The van der Waals surface area contributed by atoms with E-state index in [0.29, 0.717) is 0 Å². The van der Waals surface area contributed by atoms with Crippen molar-refractivity contribution in [2.75, 3.05) is 0 Å². The summed E-state index contributed by atoms with van der Waals surface area (Å²) in [7, 11) is 0. The number of carbonyl (C=O) groups is 2. The van der Waals surface area contributed by atoms with Crippen LogP contribution in [0.2, 0.25) is 0 Å². The average Bonchev–Trinajstić information content (AvgIpc) is 2.54. The smallest absolute Gasteiger partial charge is 0.349 e. The molecule has 0 aliphatic rings. The van der Waals surface area contributed by atoms with Gasteiger partial charge in [-0.05, 0) is 38.1 Å². The number of carboxylic acid groups (broad SMARTS) is 2. The SMILES string of the molecule is Cc1ccc(OC(C(=O)O)C(Oc2ccc(C)cc2)C(=O)O)cc1. The van der Waals surface area contributed by atoms with Gasteiger partial charge in [-0.1, -0.05) is 35.4 Å². The van der Waals surface area contributed by atoms with E-state index >= 15 is 0 Å². The summed E-state index contributed by atoms with van der Waals surface area (Å²) in [6.45, 7) is 3.75. The zero-order valence-electron chi connectivity index (χ0n) is 13.3. The highest BCUT2D eigenvalue weighted by molar-refractivity contribution is 5.84. The molecule has 2 rings (SSSR count). The molecule has 0 amide bonds. The molecule has 0 fully saturated rings. The van der Waals surface area contributed by atoms with Gasteiger partial charge in [0.05, 0.1) is 0 Å². The van der Waals surface area contributed by atoms with Crippen LogP contribution in [0.15, 0.2) is 48.5 Å². The Labute approximate surface area is 139 Å². The molecule has 0 saturated heterocycles. The van der Waals surface area contributed by atoms with Gasteiger partial charge in [0.25, 0.3) is 0 Å². The van der Waals surface area contributed by atoms with E-state index in [1.165, 1.54) is 0 Å². The molecule has 2 aromatic rings. The molecule has 126 valence electrons. The Morgan fingerprint density at radius 2 is 1.00 bits per heavy atom. The summed E-state index contributed by atoms with van der Waals surface area (Å²) < 4.78 is 10.7. The van der Waals surface area contributed by atoms with Gasteiger partial charge in [0.2, 0.25) is 12.2 Å². The first-order valence-electron chi connectivity index (χ1n) is 7.29. The molecule has 0 spiro atoms. The minimum atomic E-state index is -1.69. The van der Waals surface area contributed by atoms with Gasteiger partial charge in [-0.3, -0.25) is 0 Å². The van der Waals surface area contributed by atoms with E-state index in [2.05, 4.69) is 0 Å². The first-order valence-corrected chi connectivity index (χ1v) is 7.29. The third-order valence-electron chi connectivity index (χ3n) is 3.33. The number of hydrogen-bond donors (Lipinski definition) is 2. The molecule has 24 heavy (non-hydrogen) atoms. The third-order valence-corrected chi connectivity index (χ3v) is 3.33. The summed E-state index contributed by atoms with van der Waals surface area (Å²) in [5.41, 5.74) is 1.94. The van der Waals surface area contributed by atoms with Crippen molar-refractivity contribution < 1.29 is 29.3 Å². The fourth-order valence-electron chi connectivity index (χ4n) is 2.01. The molecule has 0 radical (unpaired) electrons. The highest BCUT2D eigenvalue weighted by atomic mass is 16.6. The van der Waals surface area contributed by atoms with Crippen molar-refractivity contribution in [1.29, 1.82) is 0 Å². The Bertz CT molecular complexity index is 642. The summed E-state index contributed by atoms with van der Waals surface area (Å²) in [5.74, 6) is -2.33. The highest BCUT2D eigenvalue weighted by Crippen LogP contribution is 2.19. The van der Waals surface area contributed by atoms with Crippen molar-refractivity contribution in [1.82, 2.24) is 0 Å². The molecule has 2 aromatic carbocycles. The van der Waals surface area contributed by atoms with Crippen LogP contribution in [0.1, 0.15) is 11.1 Å². The topological polar surface area (TPSA) is 93.1 Å². The lowest BCUT2D eigenvalue weighted by atomic mass is 10.2. The van der Waals surface area contributed by atoms with Crippen LogP contribution in [-0.4, -0.2) is 34.4 Å².